The summed E-state index contributed by atoms with van der Waals surface area (Å²) in [6.45, 7) is 8.37. The Morgan fingerprint density at radius 1 is 1.28 bits per heavy atom. The normalized spacial score (nSPS) is 29.7. The Morgan fingerprint density at radius 3 is 2.89 bits per heavy atom. The minimum absolute atomic E-state index is 0.0573. The Bertz CT molecular complexity index is 214. The third-order valence-corrected chi connectivity index (χ3v) is 4.01. The summed E-state index contributed by atoms with van der Waals surface area (Å²) >= 11 is 0. The quantitative estimate of drug-likeness (QED) is 0.783. The molecule has 0 aromatic carbocycles. The monoisotopic (exact) mass is 256 g/mol. The molecule has 2 aliphatic heterocycles. The lowest BCUT2D eigenvalue weighted by molar-refractivity contribution is -0.165. The van der Waals surface area contributed by atoms with Gasteiger partial charge in [0.25, 0.3) is 0 Å². The van der Waals surface area contributed by atoms with E-state index >= 15 is 0 Å². The SMILES string of the molecule is CCN(CCOC1CCCCO1)C1CCCNC1. The highest BCUT2D eigenvalue weighted by molar-refractivity contribution is 4.77. The van der Waals surface area contributed by atoms with Gasteiger partial charge in [0.05, 0.1) is 6.61 Å². The summed E-state index contributed by atoms with van der Waals surface area (Å²) < 4.78 is 11.4. The van der Waals surface area contributed by atoms with Crippen LogP contribution in [0.25, 0.3) is 0 Å². The molecular weight excluding hydrogens is 228 g/mol. The Morgan fingerprint density at radius 2 is 2.22 bits per heavy atom. The van der Waals surface area contributed by atoms with Crippen molar-refractivity contribution >= 4 is 0 Å². The summed E-state index contributed by atoms with van der Waals surface area (Å²) in [5, 5.41) is 3.48. The van der Waals surface area contributed by atoms with Gasteiger partial charge in [0.15, 0.2) is 6.29 Å². The number of likely N-dealkylation sites (N-methyl/N-ethyl adjacent to an activating group) is 1. The van der Waals surface area contributed by atoms with Crippen LogP contribution in [0.3, 0.4) is 0 Å². The zero-order valence-corrected chi connectivity index (χ0v) is 11.7. The van der Waals surface area contributed by atoms with E-state index in [-0.39, 0.29) is 6.29 Å². The maximum atomic E-state index is 5.82. The van der Waals surface area contributed by atoms with Gasteiger partial charge < -0.3 is 14.8 Å². The summed E-state index contributed by atoms with van der Waals surface area (Å²) in [5.41, 5.74) is 0. The van der Waals surface area contributed by atoms with Crippen LogP contribution >= 0.6 is 0 Å². The van der Waals surface area contributed by atoms with Gasteiger partial charge in [-0.2, -0.15) is 0 Å². The molecule has 4 nitrogen and oxygen atoms in total. The van der Waals surface area contributed by atoms with E-state index in [1.54, 1.807) is 0 Å². The molecule has 2 saturated heterocycles. The van der Waals surface area contributed by atoms with E-state index in [4.69, 9.17) is 9.47 Å². The molecule has 2 atom stereocenters. The minimum Gasteiger partial charge on any atom is -0.353 e. The first-order valence-corrected chi connectivity index (χ1v) is 7.58. The summed E-state index contributed by atoms with van der Waals surface area (Å²) in [7, 11) is 0. The summed E-state index contributed by atoms with van der Waals surface area (Å²) in [5.74, 6) is 0. The molecule has 0 amide bonds. The summed E-state index contributed by atoms with van der Waals surface area (Å²) in [6.07, 6.45) is 6.18. The number of hydrogen-bond donors (Lipinski definition) is 1. The number of ether oxygens (including phenoxy) is 2. The van der Waals surface area contributed by atoms with E-state index in [9.17, 15) is 0 Å². The van der Waals surface area contributed by atoms with Crippen LogP contribution in [0.15, 0.2) is 0 Å². The Labute approximate surface area is 111 Å². The highest BCUT2D eigenvalue weighted by Gasteiger charge is 2.20. The molecule has 18 heavy (non-hydrogen) atoms. The van der Waals surface area contributed by atoms with Crippen molar-refractivity contribution in [2.75, 3.05) is 39.4 Å². The van der Waals surface area contributed by atoms with Crippen molar-refractivity contribution < 1.29 is 9.47 Å². The standard InChI is InChI=1S/C14H28N2O2/c1-2-16(13-6-5-8-15-12-13)9-11-18-14-7-3-4-10-17-14/h13-15H,2-12H2,1H3. The summed E-state index contributed by atoms with van der Waals surface area (Å²) in [4.78, 5) is 2.54. The first-order valence-electron chi connectivity index (χ1n) is 7.58. The van der Waals surface area contributed by atoms with Crippen molar-refractivity contribution in [1.82, 2.24) is 10.2 Å². The average Bonchev–Trinajstić information content (AvgIpc) is 2.46. The van der Waals surface area contributed by atoms with Crippen LogP contribution in [0, 0.1) is 0 Å². The predicted octanol–water partition coefficient (Wildman–Crippen LogP) is 1.60. The topological polar surface area (TPSA) is 33.7 Å². The van der Waals surface area contributed by atoms with Crippen LogP contribution < -0.4 is 5.32 Å². The van der Waals surface area contributed by atoms with Crippen LogP contribution in [-0.2, 0) is 9.47 Å². The highest BCUT2D eigenvalue weighted by atomic mass is 16.7. The second kappa shape index (κ2) is 8.10. The number of nitrogens with one attached hydrogen (secondary N) is 1. The molecule has 2 aliphatic rings. The third kappa shape index (κ3) is 4.50. The fraction of sp³-hybridized carbons (Fsp3) is 1.00. The van der Waals surface area contributed by atoms with Gasteiger partial charge in [-0.15, -0.1) is 0 Å². The summed E-state index contributed by atoms with van der Waals surface area (Å²) in [6, 6.07) is 0.694. The second-order valence-corrected chi connectivity index (χ2v) is 5.30. The Balaban J connectivity index is 1.63. The molecule has 0 spiro atoms. The van der Waals surface area contributed by atoms with Crippen molar-refractivity contribution in [1.29, 1.82) is 0 Å². The molecule has 0 aromatic heterocycles. The molecular formula is C14H28N2O2. The van der Waals surface area contributed by atoms with E-state index in [1.807, 2.05) is 0 Å². The Hall–Kier alpha value is -0.160. The lowest BCUT2D eigenvalue weighted by atomic mass is 10.1. The van der Waals surface area contributed by atoms with Crippen molar-refractivity contribution in [2.24, 2.45) is 0 Å². The fourth-order valence-electron chi connectivity index (χ4n) is 2.89. The minimum atomic E-state index is 0.0573. The van der Waals surface area contributed by atoms with Crippen molar-refractivity contribution in [2.45, 2.75) is 51.4 Å². The first-order chi connectivity index (χ1) is 8.90. The van der Waals surface area contributed by atoms with Gasteiger partial charge in [-0.25, -0.2) is 0 Å². The van der Waals surface area contributed by atoms with Gasteiger partial charge in [0, 0.05) is 25.7 Å². The maximum Gasteiger partial charge on any atom is 0.157 e. The van der Waals surface area contributed by atoms with Crippen molar-refractivity contribution in [3.63, 3.8) is 0 Å². The number of piperidine rings is 1. The van der Waals surface area contributed by atoms with Gasteiger partial charge in [0.2, 0.25) is 0 Å². The largest absolute Gasteiger partial charge is 0.353 e. The third-order valence-electron chi connectivity index (χ3n) is 4.01. The molecule has 1 N–H and O–H groups in total. The smallest absolute Gasteiger partial charge is 0.157 e. The van der Waals surface area contributed by atoms with Gasteiger partial charge in [-0.05, 0) is 45.2 Å². The van der Waals surface area contributed by atoms with Crippen LogP contribution in [0.2, 0.25) is 0 Å². The zero-order chi connectivity index (χ0) is 12.6. The number of rotatable bonds is 6. The van der Waals surface area contributed by atoms with Crippen LogP contribution in [-0.4, -0.2) is 56.6 Å². The van der Waals surface area contributed by atoms with E-state index < -0.39 is 0 Å². The van der Waals surface area contributed by atoms with Gasteiger partial charge in [0.1, 0.15) is 0 Å². The van der Waals surface area contributed by atoms with Crippen LogP contribution in [0.1, 0.15) is 39.0 Å². The maximum absolute atomic E-state index is 5.82. The molecule has 2 rings (SSSR count). The molecule has 2 unspecified atom stereocenters. The van der Waals surface area contributed by atoms with E-state index in [0.717, 1.165) is 39.3 Å². The second-order valence-electron chi connectivity index (χ2n) is 5.30. The van der Waals surface area contributed by atoms with E-state index in [0.29, 0.717) is 6.04 Å². The van der Waals surface area contributed by atoms with E-state index in [2.05, 4.69) is 17.1 Å². The fourth-order valence-corrected chi connectivity index (χ4v) is 2.89. The Kier molecular flexibility index (Phi) is 6.41. The molecule has 4 heteroatoms. The number of hydrogen-bond acceptors (Lipinski definition) is 4. The lowest BCUT2D eigenvalue weighted by Gasteiger charge is -2.34. The van der Waals surface area contributed by atoms with Crippen molar-refractivity contribution in [3.05, 3.63) is 0 Å². The average molecular weight is 256 g/mol. The van der Waals surface area contributed by atoms with Gasteiger partial charge in [-0.1, -0.05) is 6.92 Å². The van der Waals surface area contributed by atoms with Gasteiger partial charge >= 0.3 is 0 Å². The molecule has 2 fully saturated rings. The van der Waals surface area contributed by atoms with Gasteiger partial charge in [-0.3, -0.25) is 4.90 Å². The number of nitrogens with zero attached hydrogens (tertiary/aromatic N) is 1. The predicted molar refractivity (Wildman–Crippen MR) is 72.7 cm³/mol. The van der Waals surface area contributed by atoms with Crippen LogP contribution in [0.5, 0.6) is 0 Å². The van der Waals surface area contributed by atoms with E-state index in [1.165, 1.54) is 32.2 Å². The molecule has 0 aliphatic carbocycles. The van der Waals surface area contributed by atoms with Crippen molar-refractivity contribution in [3.8, 4) is 0 Å². The molecule has 2 heterocycles. The van der Waals surface area contributed by atoms with Crippen LogP contribution in [0.4, 0.5) is 0 Å². The molecule has 106 valence electrons. The highest BCUT2D eigenvalue weighted by Crippen LogP contribution is 2.14. The molecule has 0 aromatic rings. The molecule has 0 bridgehead atoms. The zero-order valence-electron chi connectivity index (χ0n) is 11.7. The lowest BCUT2D eigenvalue weighted by Crippen LogP contribution is -2.47. The molecule has 0 radical (unpaired) electrons. The molecule has 0 saturated carbocycles. The first kappa shape index (κ1) is 14.3.